The quantitative estimate of drug-likeness (QED) is 0.224. The van der Waals surface area contributed by atoms with Gasteiger partial charge in [0.2, 0.25) is 5.88 Å². The Hall–Kier alpha value is -3.74. The number of H-pyrrole nitrogens is 1. The highest BCUT2D eigenvalue weighted by Crippen LogP contribution is 2.26. The first-order valence-corrected chi connectivity index (χ1v) is 12.4. The molecule has 1 aromatic heterocycles. The molecule has 0 radical (unpaired) electrons. The van der Waals surface area contributed by atoms with E-state index in [1.54, 1.807) is 25.3 Å². The Bertz CT molecular complexity index is 1460. The van der Waals surface area contributed by atoms with E-state index in [4.69, 9.17) is 9.47 Å². The van der Waals surface area contributed by atoms with E-state index in [0.29, 0.717) is 36.4 Å². The van der Waals surface area contributed by atoms with Crippen molar-refractivity contribution in [2.75, 3.05) is 31.5 Å². The van der Waals surface area contributed by atoms with Gasteiger partial charge in [0, 0.05) is 30.9 Å². The Morgan fingerprint density at radius 2 is 1.94 bits per heavy atom. The number of methoxy groups -OCH3 is 1. The fourth-order valence-corrected chi connectivity index (χ4v) is 4.64. The Balaban J connectivity index is 1.28. The van der Waals surface area contributed by atoms with Crippen LogP contribution >= 0.6 is 0 Å². The molecule has 0 amide bonds. The highest BCUT2D eigenvalue weighted by atomic mass is 32.2. The minimum absolute atomic E-state index is 0.129. The van der Waals surface area contributed by atoms with Crippen molar-refractivity contribution in [3.8, 4) is 11.6 Å². The van der Waals surface area contributed by atoms with Crippen LogP contribution in [0.15, 0.2) is 65.6 Å². The molecule has 1 atom stereocenters. The summed E-state index contributed by atoms with van der Waals surface area (Å²) in [6.07, 6.45) is -0.939. The van der Waals surface area contributed by atoms with Gasteiger partial charge >= 0.3 is 0 Å². The SMILES string of the molecule is COc1n[nH]c2cc(OCCNCC(O)c3cccc(NS(=O)(=O)c4ccc(F)cc4F)c3)ccc12. The third kappa shape index (κ3) is 5.90. The Kier molecular flexibility index (Phi) is 7.67. The molecule has 0 aliphatic heterocycles. The molecular weight excluding hydrogens is 494 g/mol. The van der Waals surface area contributed by atoms with E-state index in [2.05, 4.69) is 20.2 Å². The zero-order valence-corrected chi connectivity index (χ0v) is 20.0. The second kappa shape index (κ2) is 10.9. The van der Waals surface area contributed by atoms with E-state index < -0.39 is 32.7 Å². The van der Waals surface area contributed by atoms with E-state index in [1.807, 2.05) is 12.1 Å². The van der Waals surface area contributed by atoms with Crippen LogP contribution in [0.2, 0.25) is 0 Å². The van der Waals surface area contributed by atoms with Gasteiger partial charge in [0.05, 0.1) is 24.1 Å². The standard InChI is InChI=1S/C24H24F2N4O5S/c1-34-24-19-7-6-18(13-21(19)28-29-24)35-10-9-27-14-22(31)15-3-2-4-17(11-15)30-36(32,33)23-8-5-16(25)12-20(23)26/h2-8,11-13,22,27,30-31H,9-10,14H2,1H3,(H,28,29). The Morgan fingerprint density at radius 3 is 2.72 bits per heavy atom. The number of benzene rings is 3. The average molecular weight is 519 g/mol. The van der Waals surface area contributed by atoms with Gasteiger partial charge in [-0.15, -0.1) is 5.10 Å². The lowest BCUT2D eigenvalue weighted by atomic mass is 10.1. The van der Waals surface area contributed by atoms with Crippen LogP contribution in [-0.2, 0) is 10.0 Å². The first-order chi connectivity index (χ1) is 17.3. The van der Waals surface area contributed by atoms with Crippen molar-refractivity contribution < 1.29 is 31.8 Å². The number of rotatable bonds is 11. The van der Waals surface area contributed by atoms with Crippen LogP contribution in [0.25, 0.3) is 10.9 Å². The van der Waals surface area contributed by atoms with E-state index >= 15 is 0 Å². The molecule has 1 heterocycles. The first kappa shape index (κ1) is 25.4. The van der Waals surface area contributed by atoms with Gasteiger partial charge in [0.15, 0.2) is 0 Å². The molecule has 0 spiro atoms. The number of hydrogen-bond acceptors (Lipinski definition) is 7. The molecule has 0 bridgehead atoms. The van der Waals surface area contributed by atoms with Crippen molar-refractivity contribution in [1.29, 1.82) is 0 Å². The third-order valence-electron chi connectivity index (χ3n) is 5.29. The van der Waals surface area contributed by atoms with Crippen LogP contribution in [-0.4, -0.2) is 50.5 Å². The van der Waals surface area contributed by atoms with Gasteiger partial charge in [0.25, 0.3) is 10.0 Å². The zero-order chi connectivity index (χ0) is 25.7. The second-order valence-electron chi connectivity index (χ2n) is 7.81. The molecule has 3 aromatic carbocycles. The number of aliphatic hydroxyl groups excluding tert-OH is 1. The number of sulfonamides is 1. The van der Waals surface area contributed by atoms with Crippen LogP contribution in [0.3, 0.4) is 0 Å². The lowest BCUT2D eigenvalue weighted by Gasteiger charge is -2.15. The number of halogens is 2. The number of aliphatic hydroxyl groups is 1. The summed E-state index contributed by atoms with van der Waals surface area (Å²) in [6, 6.07) is 13.8. The molecule has 190 valence electrons. The minimum Gasteiger partial charge on any atom is -0.492 e. The van der Waals surface area contributed by atoms with Crippen LogP contribution in [0.5, 0.6) is 11.6 Å². The van der Waals surface area contributed by atoms with Gasteiger partial charge in [-0.25, -0.2) is 17.2 Å². The van der Waals surface area contributed by atoms with E-state index in [-0.39, 0.29) is 12.2 Å². The molecule has 0 saturated heterocycles. The Labute approximate surface area is 206 Å². The predicted octanol–water partition coefficient (Wildman–Crippen LogP) is 3.35. The summed E-state index contributed by atoms with van der Waals surface area (Å²) in [5.74, 6) is -0.927. The molecule has 9 nitrogen and oxygen atoms in total. The Morgan fingerprint density at radius 1 is 1.11 bits per heavy atom. The van der Waals surface area contributed by atoms with Crippen molar-refractivity contribution in [3.05, 3.63) is 77.9 Å². The van der Waals surface area contributed by atoms with Gasteiger partial charge in [-0.3, -0.25) is 9.82 Å². The summed E-state index contributed by atoms with van der Waals surface area (Å²) in [6.45, 7) is 0.965. The fourth-order valence-electron chi connectivity index (χ4n) is 3.53. The largest absolute Gasteiger partial charge is 0.492 e. The number of aromatic amines is 1. The van der Waals surface area contributed by atoms with Crippen LogP contribution in [0, 0.1) is 11.6 Å². The monoisotopic (exact) mass is 518 g/mol. The molecule has 0 aliphatic carbocycles. The highest BCUT2D eigenvalue weighted by molar-refractivity contribution is 7.92. The number of nitrogens with one attached hydrogen (secondary N) is 3. The smallest absolute Gasteiger partial charge is 0.264 e. The van der Waals surface area contributed by atoms with E-state index in [1.165, 1.54) is 12.1 Å². The summed E-state index contributed by atoms with van der Waals surface area (Å²) in [4.78, 5) is -0.678. The third-order valence-corrected chi connectivity index (χ3v) is 6.70. The molecule has 0 aliphatic rings. The van der Waals surface area contributed by atoms with Crippen molar-refractivity contribution >= 4 is 26.6 Å². The predicted molar refractivity (Wildman–Crippen MR) is 130 cm³/mol. The van der Waals surface area contributed by atoms with E-state index in [0.717, 1.165) is 23.0 Å². The summed E-state index contributed by atoms with van der Waals surface area (Å²) in [7, 11) is -2.74. The van der Waals surface area contributed by atoms with Crippen LogP contribution < -0.4 is 19.5 Å². The first-order valence-electron chi connectivity index (χ1n) is 10.9. The van der Waals surface area contributed by atoms with E-state index in [9.17, 15) is 22.3 Å². The molecule has 36 heavy (non-hydrogen) atoms. The van der Waals surface area contributed by atoms with Crippen LogP contribution in [0.4, 0.5) is 14.5 Å². The highest BCUT2D eigenvalue weighted by Gasteiger charge is 2.20. The average Bonchev–Trinajstić information content (AvgIpc) is 3.25. The van der Waals surface area contributed by atoms with Gasteiger partial charge in [0.1, 0.15) is 28.9 Å². The molecule has 4 aromatic rings. The number of aromatic nitrogens is 2. The van der Waals surface area contributed by atoms with Gasteiger partial charge in [-0.1, -0.05) is 12.1 Å². The summed E-state index contributed by atoms with van der Waals surface area (Å²) >= 11 is 0. The number of fused-ring (bicyclic) bond motifs is 1. The molecule has 12 heteroatoms. The second-order valence-corrected chi connectivity index (χ2v) is 9.47. The minimum atomic E-state index is -4.29. The van der Waals surface area contributed by atoms with Crippen molar-refractivity contribution in [2.45, 2.75) is 11.0 Å². The maximum atomic E-state index is 13.9. The lowest BCUT2D eigenvalue weighted by Crippen LogP contribution is -2.26. The molecule has 4 rings (SSSR count). The normalized spacial score (nSPS) is 12.4. The van der Waals surface area contributed by atoms with Gasteiger partial charge in [-0.05, 0) is 42.0 Å². The maximum Gasteiger partial charge on any atom is 0.264 e. The number of nitrogens with zero attached hydrogens (tertiary/aromatic N) is 1. The van der Waals surface area contributed by atoms with Crippen molar-refractivity contribution in [1.82, 2.24) is 15.5 Å². The zero-order valence-electron chi connectivity index (χ0n) is 19.2. The van der Waals surface area contributed by atoms with Gasteiger partial charge < -0.3 is 19.9 Å². The topological polar surface area (TPSA) is 126 Å². The van der Waals surface area contributed by atoms with Crippen LogP contribution in [0.1, 0.15) is 11.7 Å². The number of anilines is 1. The maximum absolute atomic E-state index is 13.9. The lowest BCUT2D eigenvalue weighted by molar-refractivity contribution is 0.172. The number of ether oxygens (including phenoxy) is 2. The summed E-state index contributed by atoms with van der Waals surface area (Å²) < 4.78 is 65.1. The number of hydrogen-bond donors (Lipinski definition) is 4. The summed E-state index contributed by atoms with van der Waals surface area (Å²) in [5, 5.41) is 21.3. The van der Waals surface area contributed by atoms with Gasteiger partial charge in [-0.2, -0.15) is 0 Å². The summed E-state index contributed by atoms with van der Waals surface area (Å²) in [5.41, 5.74) is 1.36. The molecule has 4 N–H and O–H groups in total. The molecule has 0 fully saturated rings. The molecular formula is C24H24F2N4O5S. The fraction of sp³-hybridized carbons (Fsp3) is 0.208. The molecule has 0 saturated carbocycles. The van der Waals surface area contributed by atoms with Crippen molar-refractivity contribution in [3.63, 3.8) is 0 Å². The van der Waals surface area contributed by atoms with Crippen molar-refractivity contribution in [2.24, 2.45) is 0 Å². The molecule has 1 unspecified atom stereocenters.